The number of carboxylic acid groups (broad SMARTS) is 2. The van der Waals surface area contributed by atoms with Crippen LogP contribution in [0.5, 0.6) is 0 Å². The van der Waals surface area contributed by atoms with Crippen LogP contribution >= 0.6 is 34.5 Å². The molecule has 1 aliphatic rings. The van der Waals surface area contributed by atoms with E-state index in [-0.39, 0.29) is 0 Å². The summed E-state index contributed by atoms with van der Waals surface area (Å²) >= 11 is 1.18. The van der Waals surface area contributed by atoms with E-state index < -0.39 is 11.9 Å². The van der Waals surface area contributed by atoms with Gasteiger partial charge in [-0.15, -0.1) is 0 Å². The fourth-order valence-corrected chi connectivity index (χ4v) is 14.0. The average Bonchev–Trinajstić information content (AvgIpc) is 3.58. The van der Waals surface area contributed by atoms with Crippen LogP contribution in [-0.2, 0) is 9.59 Å². The minimum Gasteiger partial charge on any atom is -0.481 e. The second kappa shape index (κ2) is 40.3. The summed E-state index contributed by atoms with van der Waals surface area (Å²) in [5.41, 5.74) is 0. The van der Waals surface area contributed by atoms with Crippen LogP contribution in [0.15, 0.2) is 10.2 Å². The van der Waals surface area contributed by atoms with Gasteiger partial charge in [0.2, 0.25) is 0 Å². The number of hydrogen-bond donors (Lipinski definition) is 2. The number of carbonyl (C=O) groups is 2. The van der Waals surface area contributed by atoms with Crippen molar-refractivity contribution in [1.29, 1.82) is 0 Å². The molecule has 0 aromatic heterocycles. The van der Waals surface area contributed by atoms with E-state index in [0.717, 1.165) is 37.5 Å². The Morgan fingerprint density at radius 2 is 0.756 bits per heavy atom. The molecule has 4 nitrogen and oxygen atoms in total. The molecule has 0 atom stereocenters. The molecular formula is C39H78I2O4. The number of alkyl halides is 1. The van der Waals surface area contributed by atoms with Crippen molar-refractivity contribution in [1.82, 2.24) is 0 Å². The Kier molecular flexibility index (Phi) is 42.3. The second-order valence-electron chi connectivity index (χ2n) is 13.9. The number of aliphatic carboxylic acids is 2. The zero-order chi connectivity index (χ0) is 33.6. The number of unbranched alkanes of at least 4 members (excludes halogenated alkanes) is 22. The van der Waals surface area contributed by atoms with Crippen molar-refractivity contribution in [3.05, 3.63) is 10.2 Å². The van der Waals surface area contributed by atoms with Crippen molar-refractivity contribution in [2.75, 3.05) is 4.43 Å². The number of allylic oxidation sites excluding steroid dienone is 1. The van der Waals surface area contributed by atoms with Crippen LogP contribution in [0.4, 0.5) is 0 Å². The van der Waals surface area contributed by atoms with Gasteiger partial charge in [-0.3, -0.25) is 9.59 Å². The van der Waals surface area contributed by atoms with Crippen molar-refractivity contribution >= 4 is 46.4 Å². The van der Waals surface area contributed by atoms with E-state index in [4.69, 9.17) is 10.2 Å². The van der Waals surface area contributed by atoms with E-state index in [0.29, 0.717) is 47.3 Å². The van der Waals surface area contributed by atoms with Gasteiger partial charge in [-0.1, -0.05) is 182 Å². The summed E-state index contributed by atoms with van der Waals surface area (Å²) in [4.78, 5) is 20.7. The summed E-state index contributed by atoms with van der Waals surface area (Å²) in [6.45, 7) is 9.23. The normalized spacial score (nSPS) is 12.6. The molecule has 0 saturated carbocycles. The molecule has 2 N–H and O–H groups in total. The fourth-order valence-electron chi connectivity index (χ4n) is 5.39. The van der Waals surface area contributed by atoms with Gasteiger partial charge in [0.15, 0.2) is 0 Å². The van der Waals surface area contributed by atoms with Gasteiger partial charge >= 0.3 is 61.0 Å². The smallest absolute Gasteiger partial charge is 0.303 e. The molecule has 0 aromatic rings. The van der Waals surface area contributed by atoms with Crippen LogP contribution in [0, 0.1) is 11.8 Å². The Morgan fingerprint density at radius 3 is 0.933 bits per heavy atom. The summed E-state index contributed by atoms with van der Waals surface area (Å²) in [5, 5.41) is 17.0. The van der Waals surface area contributed by atoms with Crippen LogP contribution in [0.1, 0.15) is 207 Å². The van der Waals surface area contributed by atoms with Gasteiger partial charge in [0.1, 0.15) is 0 Å². The maximum Gasteiger partial charge on any atom is 0.303 e. The Hall–Kier alpha value is 0.140. The average molecular weight is 865 g/mol. The van der Waals surface area contributed by atoms with E-state index in [1.54, 1.807) is 0 Å². The molecule has 0 amide bonds. The van der Waals surface area contributed by atoms with Crippen LogP contribution in [0.3, 0.4) is 0 Å². The predicted octanol–water partition coefficient (Wildman–Crippen LogP) is 14.2. The molecule has 0 aromatic carbocycles. The summed E-state index contributed by atoms with van der Waals surface area (Å²) in [6, 6.07) is 0. The molecule has 1 aliphatic heterocycles. The van der Waals surface area contributed by atoms with Gasteiger partial charge in [-0.2, -0.15) is 0 Å². The van der Waals surface area contributed by atoms with E-state index in [1.807, 2.05) is 0 Å². The molecule has 0 bridgehead atoms. The van der Waals surface area contributed by atoms with Crippen molar-refractivity contribution in [2.24, 2.45) is 11.8 Å². The van der Waals surface area contributed by atoms with Crippen molar-refractivity contribution in [2.45, 2.75) is 207 Å². The van der Waals surface area contributed by atoms with Crippen molar-refractivity contribution in [3.8, 4) is 0 Å². The summed E-state index contributed by atoms with van der Waals surface area (Å²) in [6.07, 6.45) is 37.0. The third-order valence-corrected chi connectivity index (χ3v) is 17.8. The first kappa shape index (κ1) is 47.3. The van der Waals surface area contributed by atoms with Gasteiger partial charge in [0.05, 0.1) is 0 Å². The van der Waals surface area contributed by atoms with Crippen molar-refractivity contribution < 1.29 is 19.8 Å². The monoisotopic (exact) mass is 864 g/mol. The van der Waals surface area contributed by atoms with Crippen LogP contribution in [0.25, 0.3) is 0 Å². The minimum absolute atomic E-state index is 0.344. The Labute approximate surface area is 298 Å². The molecule has 45 heavy (non-hydrogen) atoms. The van der Waals surface area contributed by atoms with Gasteiger partial charge < -0.3 is 10.2 Å². The second-order valence-corrected chi connectivity index (χ2v) is 25.0. The van der Waals surface area contributed by atoms with Crippen LogP contribution in [-0.4, -0.2) is 26.6 Å². The third-order valence-electron chi connectivity index (χ3n) is 8.23. The zero-order valence-electron chi connectivity index (χ0n) is 30.3. The minimum atomic E-state index is -0.654. The maximum absolute atomic E-state index is 10.3. The molecule has 6 heteroatoms. The summed E-state index contributed by atoms with van der Waals surface area (Å²) < 4.78 is 3.93. The van der Waals surface area contributed by atoms with Crippen LogP contribution in [0.2, 0.25) is 0 Å². The van der Waals surface area contributed by atoms with Gasteiger partial charge in [0.25, 0.3) is 0 Å². The molecule has 0 aliphatic carbocycles. The Balaban J connectivity index is 0. The van der Waals surface area contributed by atoms with Gasteiger partial charge in [0, 0.05) is 12.8 Å². The quantitative estimate of drug-likeness (QED) is 0.0429. The van der Waals surface area contributed by atoms with E-state index in [2.05, 4.69) is 37.9 Å². The van der Waals surface area contributed by atoms with Crippen LogP contribution < -0.4 is 0 Å². The molecule has 1 heterocycles. The first-order valence-electron chi connectivity index (χ1n) is 19.1. The summed E-state index contributed by atoms with van der Waals surface area (Å²) in [5.74, 6) is 0.424. The Bertz CT molecular complexity index is 585. The SMILES string of the molecule is C1=C[IH][IH]C1.CC(C)CCCCCCCCCCCCCCC(=O)O.CC(C)CCCCCCCCCCCCCCC(=O)O. The largest absolute Gasteiger partial charge is 0.481 e. The first-order valence-corrected chi connectivity index (χ1v) is 29.4. The molecule has 0 fully saturated rings. The molecule has 272 valence electrons. The van der Waals surface area contributed by atoms with E-state index in [1.165, 1.54) is 146 Å². The standard InChI is InChI=1S/2C18H36O2.C3H6I2/c2*1-17(2)15-13-11-9-7-5-3-4-6-8-10-12-14-16-18(19)20;1-2-4-5-3-1/h2*17H,3-16H2,1-2H3,(H,19,20);1-2,4-5H,3H2. The third kappa shape index (κ3) is 51.2. The molecular weight excluding hydrogens is 786 g/mol. The van der Waals surface area contributed by atoms with E-state index in [9.17, 15) is 9.59 Å². The Morgan fingerprint density at radius 1 is 0.489 bits per heavy atom. The first-order chi connectivity index (χ1) is 21.8. The van der Waals surface area contributed by atoms with Gasteiger partial charge in [-0.25, -0.2) is 0 Å². The maximum atomic E-state index is 10.3. The number of hydrogen-bond acceptors (Lipinski definition) is 2. The molecule has 0 radical (unpaired) electrons. The predicted molar refractivity (Wildman–Crippen MR) is 219 cm³/mol. The fraction of sp³-hybridized carbons (Fsp3) is 0.897. The number of halogens is 2. The van der Waals surface area contributed by atoms with E-state index >= 15 is 0 Å². The topological polar surface area (TPSA) is 74.6 Å². The molecule has 0 spiro atoms. The zero-order valence-corrected chi connectivity index (χ0v) is 35.0. The molecule has 0 saturated heterocycles. The number of carboxylic acids is 2. The molecule has 1 rings (SSSR count). The van der Waals surface area contributed by atoms with Gasteiger partial charge in [-0.05, 0) is 24.7 Å². The molecule has 0 unspecified atom stereocenters. The number of rotatable bonds is 30. The summed E-state index contributed by atoms with van der Waals surface area (Å²) in [7, 11) is 0. The van der Waals surface area contributed by atoms with Crippen molar-refractivity contribution in [3.63, 3.8) is 0 Å².